The first kappa shape index (κ1) is 59.6. The van der Waals surface area contributed by atoms with Gasteiger partial charge in [-0.1, -0.05) is 229 Å². The van der Waals surface area contributed by atoms with E-state index in [2.05, 4.69) is 81.5 Å². The molecule has 0 fully saturated rings. The summed E-state index contributed by atoms with van der Waals surface area (Å²) in [5.74, 6) is -0.415. The van der Waals surface area contributed by atoms with Gasteiger partial charge in [-0.15, -0.1) is 0 Å². The molecule has 0 aliphatic carbocycles. The summed E-state index contributed by atoms with van der Waals surface area (Å²) in [5, 5.41) is 0. The van der Waals surface area contributed by atoms with Gasteiger partial charge in [0.2, 0.25) is 0 Å². The van der Waals surface area contributed by atoms with Crippen LogP contribution in [0.4, 0.5) is 0 Å². The van der Waals surface area contributed by atoms with Crippen LogP contribution in [0.1, 0.15) is 265 Å². The van der Waals surface area contributed by atoms with Gasteiger partial charge in [0.1, 0.15) is 6.61 Å². The van der Waals surface area contributed by atoms with Crippen molar-refractivity contribution in [2.45, 2.75) is 271 Å². The monoisotopic (exact) mass is 867 g/mol. The molecule has 0 aliphatic heterocycles. The molecule has 0 rings (SSSR count). The lowest BCUT2D eigenvalue weighted by atomic mass is 10.0. The van der Waals surface area contributed by atoms with E-state index in [4.69, 9.17) is 14.2 Å². The highest BCUT2D eigenvalue weighted by atomic mass is 16.6. The molecule has 0 saturated carbocycles. The first-order chi connectivity index (χ1) is 30.6. The predicted octanol–water partition coefficient (Wildman–Crippen LogP) is 18.1. The fourth-order valence-corrected chi connectivity index (χ4v) is 7.56. The average molecular weight is 867 g/mol. The Morgan fingerprint density at radius 3 is 1.19 bits per heavy atom. The van der Waals surface area contributed by atoms with Crippen LogP contribution in [0.25, 0.3) is 0 Å². The zero-order chi connectivity index (χ0) is 44.9. The van der Waals surface area contributed by atoms with E-state index in [-0.39, 0.29) is 25.2 Å². The molecular formula is C57H102O5. The summed E-state index contributed by atoms with van der Waals surface area (Å²) in [5.41, 5.74) is 0. The highest BCUT2D eigenvalue weighted by molar-refractivity contribution is 5.70. The second-order valence-electron chi connectivity index (χ2n) is 17.8. The number of esters is 2. The molecule has 0 amide bonds. The molecule has 0 bridgehead atoms. The summed E-state index contributed by atoms with van der Waals surface area (Å²) in [6.45, 7) is 7.70. The lowest BCUT2D eigenvalue weighted by Crippen LogP contribution is -2.30. The zero-order valence-corrected chi connectivity index (χ0v) is 41.4. The molecule has 360 valence electrons. The SMILES string of the molecule is CC/C=C\C/C=C\C/C=C\CCCCCCCCCC(=O)OCC(COCCCCCCCCCCCCCCCC)OC(=O)CCCCCCC/C=C\C/C=C\CCCCC. The van der Waals surface area contributed by atoms with E-state index in [0.29, 0.717) is 19.4 Å². The normalized spacial score (nSPS) is 12.6. The van der Waals surface area contributed by atoms with Gasteiger partial charge in [0.05, 0.1) is 6.61 Å². The minimum atomic E-state index is -0.546. The van der Waals surface area contributed by atoms with E-state index in [0.717, 1.165) is 89.9 Å². The topological polar surface area (TPSA) is 61.8 Å². The van der Waals surface area contributed by atoms with Gasteiger partial charge >= 0.3 is 11.9 Å². The Balaban J connectivity index is 4.29. The van der Waals surface area contributed by atoms with E-state index < -0.39 is 6.10 Å². The number of rotatable bonds is 49. The summed E-state index contributed by atoms with van der Waals surface area (Å²) < 4.78 is 17.4. The molecule has 5 heteroatoms. The summed E-state index contributed by atoms with van der Waals surface area (Å²) in [4.78, 5) is 25.4. The zero-order valence-electron chi connectivity index (χ0n) is 41.4. The molecule has 1 atom stereocenters. The molecule has 0 aromatic rings. The van der Waals surface area contributed by atoms with E-state index in [1.807, 2.05) is 0 Å². The first-order valence-corrected chi connectivity index (χ1v) is 26.8. The number of carbonyl (C=O) groups is 2. The van der Waals surface area contributed by atoms with Crippen LogP contribution in [-0.2, 0) is 23.8 Å². The molecule has 0 spiro atoms. The van der Waals surface area contributed by atoms with Crippen molar-refractivity contribution in [3.8, 4) is 0 Å². The second-order valence-corrected chi connectivity index (χ2v) is 17.8. The Hall–Kier alpha value is -2.40. The van der Waals surface area contributed by atoms with Crippen LogP contribution in [0.15, 0.2) is 60.8 Å². The Morgan fingerprint density at radius 1 is 0.371 bits per heavy atom. The highest BCUT2D eigenvalue weighted by Crippen LogP contribution is 2.15. The van der Waals surface area contributed by atoms with E-state index in [9.17, 15) is 9.59 Å². The number of allylic oxidation sites excluding steroid dienone is 10. The molecule has 1 unspecified atom stereocenters. The number of ether oxygens (including phenoxy) is 3. The Morgan fingerprint density at radius 2 is 0.726 bits per heavy atom. The maximum Gasteiger partial charge on any atom is 0.306 e. The van der Waals surface area contributed by atoms with Crippen LogP contribution in [0.3, 0.4) is 0 Å². The van der Waals surface area contributed by atoms with E-state index >= 15 is 0 Å². The standard InChI is InChI=1S/C57H102O5/c1-4-7-10-13-16-19-22-25-28-29-31-32-35-38-41-44-47-50-56(58)61-54-55(53-60-52-49-46-43-40-37-34-27-24-21-18-15-12-9-6-3)62-57(59)51-48-45-42-39-36-33-30-26-23-20-17-14-11-8-5-2/h7,10,16-17,19-20,25-26,28,30,55H,4-6,8-9,11-15,18,21-24,27,29,31-54H2,1-3H3/b10-7-,19-16-,20-17-,28-25-,30-26-. The molecule has 0 radical (unpaired) electrons. The second kappa shape index (κ2) is 52.9. The lowest BCUT2D eigenvalue weighted by Gasteiger charge is -2.18. The van der Waals surface area contributed by atoms with Gasteiger partial charge in [-0.3, -0.25) is 9.59 Å². The van der Waals surface area contributed by atoms with Crippen molar-refractivity contribution in [1.82, 2.24) is 0 Å². The van der Waals surface area contributed by atoms with Crippen LogP contribution in [0, 0.1) is 0 Å². The quantitative estimate of drug-likeness (QED) is 0.0346. The largest absolute Gasteiger partial charge is 0.462 e. The van der Waals surface area contributed by atoms with Gasteiger partial charge in [0.15, 0.2) is 6.10 Å². The number of hydrogen-bond donors (Lipinski definition) is 0. The smallest absolute Gasteiger partial charge is 0.306 e. The van der Waals surface area contributed by atoms with Gasteiger partial charge in [-0.05, 0) is 83.5 Å². The molecule has 0 N–H and O–H groups in total. The van der Waals surface area contributed by atoms with Crippen molar-refractivity contribution in [2.75, 3.05) is 19.8 Å². The van der Waals surface area contributed by atoms with Crippen molar-refractivity contribution < 1.29 is 23.8 Å². The summed E-state index contributed by atoms with van der Waals surface area (Å²) in [6, 6.07) is 0. The van der Waals surface area contributed by atoms with Crippen molar-refractivity contribution in [1.29, 1.82) is 0 Å². The minimum Gasteiger partial charge on any atom is -0.462 e. The fourth-order valence-electron chi connectivity index (χ4n) is 7.56. The first-order valence-electron chi connectivity index (χ1n) is 26.8. The third-order valence-electron chi connectivity index (χ3n) is 11.5. The molecular weight excluding hydrogens is 765 g/mol. The van der Waals surface area contributed by atoms with Crippen LogP contribution in [-0.4, -0.2) is 37.9 Å². The van der Waals surface area contributed by atoms with Crippen LogP contribution in [0.5, 0.6) is 0 Å². The van der Waals surface area contributed by atoms with Crippen LogP contribution < -0.4 is 0 Å². The summed E-state index contributed by atoms with van der Waals surface area (Å²) >= 11 is 0. The summed E-state index contributed by atoms with van der Waals surface area (Å²) in [7, 11) is 0. The molecule has 0 heterocycles. The number of carbonyl (C=O) groups excluding carboxylic acids is 2. The van der Waals surface area contributed by atoms with Crippen molar-refractivity contribution in [2.24, 2.45) is 0 Å². The maximum absolute atomic E-state index is 12.8. The van der Waals surface area contributed by atoms with Gasteiger partial charge in [-0.25, -0.2) is 0 Å². The van der Waals surface area contributed by atoms with Gasteiger partial charge in [0, 0.05) is 19.4 Å². The fraction of sp³-hybridized carbons (Fsp3) is 0.789. The molecule has 0 saturated heterocycles. The Bertz CT molecular complexity index is 1070. The molecule has 62 heavy (non-hydrogen) atoms. The number of unbranched alkanes of at least 4 members (excludes halogenated alkanes) is 28. The molecule has 0 aromatic carbocycles. The van der Waals surface area contributed by atoms with Gasteiger partial charge in [-0.2, -0.15) is 0 Å². The third-order valence-corrected chi connectivity index (χ3v) is 11.5. The van der Waals surface area contributed by atoms with E-state index in [1.165, 1.54) is 141 Å². The number of hydrogen-bond acceptors (Lipinski definition) is 5. The van der Waals surface area contributed by atoms with Crippen LogP contribution in [0.2, 0.25) is 0 Å². The van der Waals surface area contributed by atoms with E-state index in [1.54, 1.807) is 0 Å². The molecule has 0 aliphatic rings. The minimum absolute atomic E-state index is 0.0759. The summed E-state index contributed by atoms with van der Waals surface area (Å²) in [6.07, 6.45) is 66.5. The van der Waals surface area contributed by atoms with Crippen molar-refractivity contribution in [3.05, 3.63) is 60.8 Å². The van der Waals surface area contributed by atoms with Gasteiger partial charge in [0.25, 0.3) is 0 Å². The average Bonchev–Trinajstić information content (AvgIpc) is 3.27. The van der Waals surface area contributed by atoms with Gasteiger partial charge < -0.3 is 14.2 Å². The highest BCUT2D eigenvalue weighted by Gasteiger charge is 2.17. The third kappa shape index (κ3) is 50.2. The van der Waals surface area contributed by atoms with Crippen molar-refractivity contribution in [3.63, 3.8) is 0 Å². The van der Waals surface area contributed by atoms with Crippen molar-refractivity contribution >= 4 is 11.9 Å². The molecule has 5 nitrogen and oxygen atoms in total. The van der Waals surface area contributed by atoms with Crippen LogP contribution >= 0.6 is 0 Å². The Kier molecular flexibility index (Phi) is 50.9. The lowest BCUT2D eigenvalue weighted by molar-refractivity contribution is -0.163. The Labute approximate surface area is 385 Å². The predicted molar refractivity (Wildman–Crippen MR) is 270 cm³/mol. The maximum atomic E-state index is 12.8. The molecule has 0 aromatic heterocycles.